The molecule has 2 aromatic carbocycles. The second-order valence-corrected chi connectivity index (χ2v) is 6.60. The third kappa shape index (κ3) is 5.27. The molecule has 27 heavy (non-hydrogen) atoms. The Balaban J connectivity index is 1.49. The molecular weight excluding hydrogens is 347 g/mol. The van der Waals surface area contributed by atoms with Gasteiger partial charge in [0.15, 0.2) is 0 Å². The first kappa shape index (κ1) is 18.8. The Labute approximate surface area is 158 Å². The highest BCUT2D eigenvalue weighted by molar-refractivity contribution is 6.39. The first-order chi connectivity index (χ1) is 13.0. The first-order valence-electron chi connectivity index (χ1n) is 8.88. The maximum Gasteiger partial charge on any atom is 0.313 e. The van der Waals surface area contributed by atoms with Crippen LogP contribution in [-0.2, 0) is 16.1 Å². The molecule has 0 bridgehead atoms. The Hall–Kier alpha value is -2.93. The minimum Gasteiger partial charge on any atom is -0.369 e. The lowest BCUT2D eigenvalue weighted by Crippen LogP contribution is -2.44. The minimum atomic E-state index is -0.734. The number of halogens is 1. The van der Waals surface area contributed by atoms with Crippen LogP contribution in [0.5, 0.6) is 0 Å². The van der Waals surface area contributed by atoms with Crippen molar-refractivity contribution in [1.29, 1.82) is 0 Å². The molecule has 1 aliphatic rings. The standard InChI is InChI=1S/C20H23FN4O2/c1-24-10-12-25(13-11-24)18-8-6-17(7-9-18)23-20(27)19(26)22-14-15-2-4-16(21)5-3-15/h2-9H,10-14H2,1H3,(H,22,26)(H,23,27). The molecule has 3 rings (SSSR count). The number of likely N-dealkylation sites (N-methyl/N-ethyl adjacent to an activating group) is 1. The summed E-state index contributed by atoms with van der Waals surface area (Å²) in [6.45, 7) is 4.14. The Morgan fingerprint density at radius 3 is 2.19 bits per heavy atom. The van der Waals surface area contributed by atoms with Gasteiger partial charge < -0.3 is 20.4 Å². The monoisotopic (exact) mass is 370 g/mol. The predicted octanol–water partition coefficient (Wildman–Crippen LogP) is 1.83. The molecule has 0 saturated carbocycles. The molecule has 0 aromatic heterocycles. The highest BCUT2D eigenvalue weighted by Crippen LogP contribution is 2.19. The number of hydrogen-bond donors (Lipinski definition) is 2. The summed E-state index contributed by atoms with van der Waals surface area (Å²) in [6, 6.07) is 13.2. The van der Waals surface area contributed by atoms with Gasteiger partial charge in [0.1, 0.15) is 5.82 Å². The van der Waals surface area contributed by atoms with E-state index in [2.05, 4.69) is 27.5 Å². The lowest BCUT2D eigenvalue weighted by Gasteiger charge is -2.34. The van der Waals surface area contributed by atoms with Gasteiger partial charge in [-0.05, 0) is 49.0 Å². The zero-order chi connectivity index (χ0) is 19.2. The van der Waals surface area contributed by atoms with Crippen molar-refractivity contribution in [2.75, 3.05) is 43.4 Å². The molecule has 0 unspecified atom stereocenters. The largest absolute Gasteiger partial charge is 0.369 e. The van der Waals surface area contributed by atoms with Crippen molar-refractivity contribution in [3.05, 3.63) is 59.9 Å². The van der Waals surface area contributed by atoms with Crippen LogP contribution in [0.4, 0.5) is 15.8 Å². The van der Waals surface area contributed by atoms with E-state index in [1.165, 1.54) is 12.1 Å². The Bertz CT molecular complexity index is 785. The van der Waals surface area contributed by atoms with E-state index >= 15 is 0 Å². The Morgan fingerprint density at radius 1 is 0.926 bits per heavy atom. The van der Waals surface area contributed by atoms with E-state index in [1.54, 1.807) is 24.3 Å². The molecule has 2 N–H and O–H groups in total. The molecule has 0 radical (unpaired) electrons. The van der Waals surface area contributed by atoms with Crippen LogP contribution in [0, 0.1) is 5.82 Å². The lowest BCUT2D eigenvalue weighted by atomic mass is 10.2. The Kier molecular flexibility index (Phi) is 6.03. The average Bonchev–Trinajstić information content (AvgIpc) is 2.68. The van der Waals surface area contributed by atoms with Crippen molar-refractivity contribution in [1.82, 2.24) is 10.2 Å². The number of nitrogens with zero attached hydrogens (tertiary/aromatic N) is 2. The SMILES string of the molecule is CN1CCN(c2ccc(NC(=O)C(=O)NCc3ccc(F)cc3)cc2)CC1. The second kappa shape index (κ2) is 8.64. The summed E-state index contributed by atoms with van der Waals surface area (Å²) < 4.78 is 12.9. The average molecular weight is 370 g/mol. The summed E-state index contributed by atoms with van der Waals surface area (Å²) in [5.74, 6) is -1.81. The van der Waals surface area contributed by atoms with E-state index in [-0.39, 0.29) is 12.4 Å². The van der Waals surface area contributed by atoms with Crippen molar-refractivity contribution < 1.29 is 14.0 Å². The fraction of sp³-hybridized carbons (Fsp3) is 0.300. The molecule has 2 amide bonds. The maximum atomic E-state index is 12.9. The fourth-order valence-electron chi connectivity index (χ4n) is 2.87. The quantitative estimate of drug-likeness (QED) is 0.806. The van der Waals surface area contributed by atoms with Crippen LogP contribution in [0.1, 0.15) is 5.56 Å². The number of rotatable bonds is 4. The van der Waals surface area contributed by atoms with E-state index in [0.29, 0.717) is 11.3 Å². The molecule has 1 saturated heterocycles. The Morgan fingerprint density at radius 2 is 1.56 bits per heavy atom. The summed E-state index contributed by atoms with van der Waals surface area (Å²) >= 11 is 0. The number of anilines is 2. The molecule has 6 nitrogen and oxygen atoms in total. The van der Waals surface area contributed by atoms with Crippen LogP contribution in [0.3, 0.4) is 0 Å². The van der Waals surface area contributed by atoms with Gasteiger partial charge in [-0.25, -0.2) is 4.39 Å². The predicted molar refractivity (Wildman–Crippen MR) is 103 cm³/mol. The van der Waals surface area contributed by atoms with Gasteiger partial charge in [-0.2, -0.15) is 0 Å². The first-order valence-corrected chi connectivity index (χ1v) is 8.88. The van der Waals surface area contributed by atoms with Crippen molar-refractivity contribution in [2.24, 2.45) is 0 Å². The summed E-state index contributed by atoms with van der Waals surface area (Å²) in [5.41, 5.74) is 2.38. The van der Waals surface area contributed by atoms with Crippen LogP contribution in [-0.4, -0.2) is 49.9 Å². The zero-order valence-corrected chi connectivity index (χ0v) is 15.2. The van der Waals surface area contributed by atoms with Crippen LogP contribution < -0.4 is 15.5 Å². The van der Waals surface area contributed by atoms with Crippen LogP contribution in [0.25, 0.3) is 0 Å². The van der Waals surface area contributed by atoms with Crippen molar-refractivity contribution in [3.63, 3.8) is 0 Å². The molecule has 0 spiro atoms. The summed E-state index contributed by atoms with van der Waals surface area (Å²) in [7, 11) is 2.11. The molecule has 1 fully saturated rings. The van der Waals surface area contributed by atoms with Gasteiger partial charge >= 0.3 is 11.8 Å². The number of nitrogens with one attached hydrogen (secondary N) is 2. The van der Waals surface area contributed by atoms with Gasteiger partial charge in [0.05, 0.1) is 0 Å². The minimum absolute atomic E-state index is 0.162. The third-order valence-corrected chi connectivity index (χ3v) is 4.57. The molecule has 0 atom stereocenters. The van der Waals surface area contributed by atoms with E-state index in [9.17, 15) is 14.0 Å². The summed E-state index contributed by atoms with van der Waals surface area (Å²) in [4.78, 5) is 28.5. The van der Waals surface area contributed by atoms with Crippen molar-refractivity contribution in [2.45, 2.75) is 6.54 Å². The number of carbonyl (C=O) groups excluding carboxylic acids is 2. The number of amides is 2. The number of carbonyl (C=O) groups is 2. The number of hydrogen-bond acceptors (Lipinski definition) is 4. The molecule has 1 heterocycles. The summed E-state index contributed by atoms with van der Waals surface area (Å²) in [6.07, 6.45) is 0. The van der Waals surface area contributed by atoms with Gasteiger partial charge in [0, 0.05) is 44.1 Å². The van der Waals surface area contributed by atoms with E-state index in [1.807, 2.05) is 12.1 Å². The number of benzene rings is 2. The molecule has 142 valence electrons. The van der Waals surface area contributed by atoms with Gasteiger partial charge in [0.2, 0.25) is 0 Å². The van der Waals surface area contributed by atoms with Gasteiger partial charge in [-0.15, -0.1) is 0 Å². The molecule has 7 heteroatoms. The number of piperazine rings is 1. The van der Waals surface area contributed by atoms with E-state index in [4.69, 9.17) is 0 Å². The molecule has 0 aliphatic carbocycles. The van der Waals surface area contributed by atoms with Gasteiger partial charge in [0.25, 0.3) is 0 Å². The second-order valence-electron chi connectivity index (χ2n) is 6.60. The molecular formula is C20H23FN4O2. The van der Waals surface area contributed by atoms with Crippen LogP contribution >= 0.6 is 0 Å². The van der Waals surface area contributed by atoms with Crippen molar-refractivity contribution >= 4 is 23.2 Å². The van der Waals surface area contributed by atoms with Gasteiger partial charge in [-0.3, -0.25) is 9.59 Å². The highest BCUT2D eigenvalue weighted by atomic mass is 19.1. The summed E-state index contributed by atoms with van der Waals surface area (Å²) in [5, 5.41) is 5.11. The molecule has 1 aliphatic heterocycles. The van der Waals surface area contributed by atoms with Crippen molar-refractivity contribution in [3.8, 4) is 0 Å². The smallest absolute Gasteiger partial charge is 0.313 e. The normalized spacial score (nSPS) is 14.7. The van der Waals surface area contributed by atoms with Crippen LogP contribution in [0.2, 0.25) is 0 Å². The highest BCUT2D eigenvalue weighted by Gasteiger charge is 2.16. The fourth-order valence-corrected chi connectivity index (χ4v) is 2.87. The van der Waals surface area contributed by atoms with Crippen LogP contribution in [0.15, 0.2) is 48.5 Å². The third-order valence-electron chi connectivity index (χ3n) is 4.57. The van der Waals surface area contributed by atoms with E-state index < -0.39 is 11.8 Å². The molecule has 2 aromatic rings. The van der Waals surface area contributed by atoms with E-state index in [0.717, 1.165) is 31.9 Å². The van der Waals surface area contributed by atoms with Gasteiger partial charge in [-0.1, -0.05) is 12.1 Å². The maximum absolute atomic E-state index is 12.9. The topological polar surface area (TPSA) is 64.7 Å². The zero-order valence-electron chi connectivity index (χ0n) is 15.2. The lowest BCUT2D eigenvalue weighted by molar-refractivity contribution is -0.136.